The minimum atomic E-state index is -1.48. The highest BCUT2D eigenvalue weighted by atomic mass is 32.2. The van der Waals surface area contributed by atoms with E-state index in [1.807, 2.05) is 6.92 Å². The Hall–Kier alpha value is -0.810. The van der Waals surface area contributed by atoms with Crippen LogP contribution in [-0.2, 0) is 10.8 Å². The standard InChI is InChI=1S/C10H13F2NOS/c1-2-13-5-6-15(14)10-7-8(11)3-4-9(10)12/h3-4,7,13H,2,5-6H2,1H3. The summed E-state index contributed by atoms with van der Waals surface area (Å²) < 4.78 is 37.5. The number of hydrogen-bond acceptors (Lipinski definition) is 2. The predicted molar refractivity (Wildman–Crippen MR) is 56.2 cm³/mol. The fraction of sp³-hybridized carbons (Fsp3) is 0.400. The number of nitrogens with one attached hydrogen (secondary N) is 1. The lowest BCUT2D eigenvalue weighted by Crippen LogP contribution is -2.20. The lowest BCUT2D eigenvalue weighted by molar-refractivity contribution is 0.571. The summed E-state index contributed by atoms with van der Waals surface area (Å²) in [6.07, 6.45) is 0. The fourth-order valence-corrected chi connectivity index (χ4v) is 2.18. The van der Waals surface area contributed by atoms with Crippen LogP contribution < -0.4 is 5.32 Å². The van der Waals surface area contributed by atoms with Crippen LogP contribution >= 0.6 is 0 Å². The molecule has 0 amide bonds. The van der Waals surface area contributed by atoms with Crippen LogP contribution in [0.4, 0.5) is 8.78 Å². The molecule has 0 aliphatic carbocycles. The molecule has 0 fully saturated rings. The zero-order chi connectivity index (χ0) is 11.3. The first-order valence-electron chi connectivity index (χ1n) is 4.69. The van der Waals surface area contributed by atoms with E-state index in [0.717, 1.165) is 24.7 Å². The maximum Gasteiger partial charge on any atom is 0.139 e. The first-order valence-corrected chi connectivity index (χ1v) is 6.01. The molecule has 0 bridgehead atoms. The molecule has 1 aromatic carbocycles. The molecular formula is C10H13F2NOS. The number of hydrogen-bond donors (Lipinski definition) is 1. The van der Waals surface area contributed by atoms with Crippen LogP contribution in [-0.4, -0.2) is 23.1 Å². The maximum absolute atomic E-state index is 13.1. The highest BCUT2D eigenvalue weighted by Gasteiger charge is 2.10. The quantitative estimate of drug-likeness (QED) is 0.784. The molecule has 0 saturated heterocycles. The van der Waals surface area contributed by atoms with Crippen LogP contribution in [0.5, 0.6) is 0 Å². The highest BCUT2D eigenvalue weighted by Crippen LogP contribution is 2.13. The van der Waals surface area contributed by atoms with Crippen LogP contribution in [0.15, 0.2) is 23.1 Å². The normalized spacial score (nSPS) is 12.7. The van der Waals surface area contributed by atoms with Gasteiger partial charge in [-0.05, 0) is 24.7 Å². The molecule has 1 unspecified atom stereocenters. The van der Waals surface area contributed by atoms with Gasteiger partial charge in [0, 0.05) is 12.3 Å². The van der Waals surface area contributed by atoms with E-state index in [4.69, 9.17) is 0 Å². The molecule has 0 saturated carbocycles. The van der Waals surface area contributed by atoms with Crippen LogP contribution in [0.1, 0.15) is 6.92 Å². The van der Waals surface area contributed by atoms with E-state index in [-0.39, 0.29) is 10.6 Å². The number of rotatable bonds is 5. The molecule has 84 valence electrons. The van der Waals surface area contributed by atoms with E-state index >= 15 is 0 Å². The molecule has 1 aromatic rings. The minimum Gasteiger partial charge on any atom is -0.316 e. The van der Waals surface area contributed by atoms with Crippen molar-refractivity contribution in [3.63, 3.8) is 0 Å². The number of benzene rings is 1. The second-order valence-electron chi connectivity index (χ2n) is 2.98. The summed E-state index contributed by atoms with van der Waals surface area (Å²) in [5.41, 5.74) is 0. The summed E-state index contributed by atoms with van der Waals surface area (Å²) in [4.78, 5) is -0.0621. The predicted octanol–water partition coefficient (Wildman–Crippen LogP) is 1.68. The first kappa shape index (κ1) is 12.3. The van der Waals surface area contributed by atoms with Crippen molar-refractivity contribution in [3.05, 3.63) is 29.8 Å². The van der Waals surface area contributed by atoms with E-state index in [1.54, 1.807) is 0 Å². The third-order valence-electron chi connectivity index (χ3n) is 1.85. The lowest BCUT2D eigenvalue weighted by atomic mass is 10.3. The molecule has 0 aromatic heterocycles. The van der Waals surface area contributed by atoms with Gasteiger partial charge in [0.15, 0.2) is 0 Å². The Bertz CT molecular complexity index is 357. The third-order valence-corrected chi connectivity index (χ3v) is 3.23. The molecule has 1 atom stereocenters. The summed E-state index contributed by atoms with van der Waals surface area (Å²) in [5, 5.41) is 2.97. The third kappa shape index (κ3) is 3.68. The average molecular weight is 233 g/mol. The van der Waals surface area contributed by atoms with Crippen molar-refractivity contribution in [1.29, 1.82) is 0 Å². The second-order valence-corrected chi connectivity index (χ2v) is 4.52. The summed E-state index contributed by atoms with van der Waals surface area (Å²) in [5.74, 6) is -0.900. The molecule has 0 aliphatic rings. The van der Waals surface area contributed by atoms with Crippen molar-refractivity contribution in [1.82, 2.24) is 5.32 Å². The summed E-state index contributed by atoms with van der Waals surface area (Å²) in [6.45, 7) is 3.22. The Morgan fingerprint density at radius 1 is 1.40 bits per heavy atom. The van der Waals surface area contributed by atoms with Crippen molar-refractivity contribution in [2.45, 2.75) is 11.8 Å². The van der Waals surface area contributed by atoms with Gasteiger partial charge in [0.1, 0.15) is 11.6 Å². The molecule has 2 nitrogen and oxygen atoms in total. The summed E-state index contributed by atoms with van der Waals surface area (Å²) in [7, 11) is -1.48. The van der Waals surface area contributed by atoms with Gasteiger partial charge in [0.2, 0.25) is 0 Å². The van der Waals surface area contributed by atoms with E-state index in [1.165, 1.54) is 0 Å². The van der Waals surface area contributed by atoms with Gasteiger partial charge >= 0.3 is 0 Å². The molecule has 0 aliphatic heterocycles. The van der Waals surface area contributed by atoms with Gasteiger partial charge in [-0.25, -0.2) is 8.78 Å². The molecule has 1 rings (SSSR count). The summed E-state index contributed by atoms with van der Waals surface area (Å²) >= 11 is 0. The molecule has 1 N–H and O–H groups in total. The van der Waals surface area contributed by atoms with Crippen molar-refractivity contribution in [2.75, 3.05) is 18.8 Å². The van der Waals surface area contributed by atoms with Crippen molar-refractivity contribution in [3.8, 4) is 0 Å². The number of halogens is 2. The zero-order valence-electron chi connectivity index (χ0n) is 8.43. The maximum atomic E-state index is 13.1. The van der Waals surface area contributed by atoms with Gasteiger partial charge in [-0.15, -0.1) is 0 Å². The first-order chi connectivity index (χ1) is 7.15. The van der Waals surface area contributed by atoms with Crippen LogP contribution in [0.3, 0.4) is 0 Å². The monoisotopic (exact) mass is 233 g/mol. The molecular weight excluding hydrogens is 220 g/mol. The van der Waals surface area contributed by atoms with Crippen LogP contribution in [0, 0.1) is 11.6 Å². The van der Waals surface area contributed by atoms with Gasteiger partial charge in [-0.1, -0.05) is 6.92 Å². The van der Waals surface area contributed by atoms with Crippen molar-refractivity contribution in [2.24, 2.45) is 0 Å². The van der Waals surface area contributed by atoms with E-state index in [0.29, 0.717) is 6.54 Å². The molecule has 5 heteroatoms. The highest BCUT2D eigenvalue weighted by molar-refractivity contribution is 7.85. The molecule has 15 heavy (non-hydrogen) atoms. The Kier molecular flexibility index (Phi) is 4.84. The van der Waals surface area contributed by atoms with Crippen molar-refractivity contribution >= 4 is 10.8 Å². The van der Waals surface area contributed by atoms with E-state index in [9.17, 15) is 13.0 Å². The van der Waals surface area contributed by atoms with Gasteiger partial charge in [-0.3, -0.25) is 4.21 Å². The lowest BCUT2D eigenvalue weighted by Gasteiger charge is -2.04. The average Bonchev–Trinajstić information content (AvgIpc) is 2.22. The minimum absolute atomic E-state index is 0.0621. The zero-order valence-corrected chi connectivity index (χ0v) is 9.24. The van der Waals surface area contributed by atoms with E-state index < -0.39 is 22.4 Å². The Labute approximate surface area is 90.1 Å². The van der Waals surface area contributed by atoms with E-state index in [2.05, 4.69) is 5.32 Å². The second kappa shape index (κ2) is 5.92. The fourth-order valence-electron chi connectivity index (χ4n) is 1.10. The van der Waals surface area contributed by atoms with Crippen LogP contribution in [0.25, 0.3) is 0 Å². The molecule has 0 spiro atoms. The van der Waals surface area contributed by atoms with Gasteiger partial charge < -0.3 is 5.32 Å². The van der Waals surface area contributed by atoms with Gasteiger partial charge in [0.25, 0.3) is 0 Å². The largest absolute Gasteiger partial charge is 0.316 e. The van der Waals surface area contributed by atoms with Gasteiger partial charge in [0.05, 0.1) is 15.7 Å². The topological polar surface area (TPSA) is 29.1 Å². The van der Waals surface area contributed by atoms with Crippen molar-refractivity contribution < 1.29 is 13.0 Å². The van der Waals surface area contributed by atoms with Gasteiger partial charge in [-0.2, -0.15) is 0 Å². The molecule has 0 radical (unpaired) electrons. The Morgan fingerprint density at radius 2 is 2.13 bits per heavy atom. The molecule has 0 heterocycles. The smallest absolute Gasteiger partial charge is 0.139 e. The Balaban J connectivity index is 2.68. The SMILES string of the molecule is CCNCCS(=O)c1cc(F)ccc1F. The summed E-state index contributed by atoms with van der Waals surface area (Å²) in [6, 6.07) is 2.99. The van der Waals surface area contributed by atoms with Crippen LogP contribution in [0.2, 0.25) is 0 Å². The Morgan fingerprint density at radius 3 is 2.80 bits per heavy atom.